The van der Waals surface area contributed by atoms with Crippen molar-refractivity contribution in [3.05, 3.63) is 53.5 Å². The fourth-order valence-electron chi connectivity index (χ4n) is 4.32. The number of aromatic amines is 1. The molecule has 0 bridgehead atoms. The summed E-state index contributed by atoms with van der Waals surface area (Å²) in [6.45, 7) is 3.83. The molecule has 5 rings (SSSR count). The number of halogens is 4. The molecule has 1 saturated heterocycles. The van der Waals surface area contributed by atoms with Crippen LogP contribution in [0.1, 0.15) is 31.7 Å². The van der Waals surface area contributed by atoms with E-state index in [2.05, 4.69) is 9.97 Å². The Balaban J connectivity index is 1.71. The van der Waals surface area contributed by atoms with Crippen LogP contribution < -0.4 is 4.90 Å². The van der Waals surface area contributed by atoms with Crippen molar-refractivity contribution >= 4 is 5.82 Å². The quantitative estimate of drug-likeness (QED) is 0.568. The van der Waals surface area contributed by atoms with E-state index in [0.29, 0.717) is 30.0 Å². The first kappa shape index (κ1) is 20.9. The summed E-state index contributed by atoms with van der Waals surface area (Å²) in [5.41, 5.74) is 1.87. The van der Waals surface area contributed by atoms with E-state index < -0.39 is 29.7 Å². The van der Waals surface area contributed by atoms with Crippen molar-refractivity contribution < 1.29 is 22.3 Å². The van der Waals surface area contributed by atoms with Crippen molar-refractivity contribution in [3.8, 4) is 22.5 Å². The number of pyridine rings is 1. The average Bonchev–Trinajstić information content (AvgIpc) is 3.30. The van der Waals surface area contributed by atoms with Gasteiger partial charge in [0, 0.05) is 36.7 Å². The summed E-state index contributed by atoms with van der Waals surface area (Å²) < 4.78 is 62.6. The van der Waals surface area contributed by atoms with Gasteiger partial charge in [-0.05, 0) is 38.1 Å². The van der Waals surface area contributed by atoms with Crippen molar-refractivity contribution in [2.45, 2.75) is 44.8 Å². The van der Waals surface area contributed by atoms with Gasteiger partial charge in [-0.3, -0.25) is 0 Å². The molecule has 4 heterocycles. The van der Waals surface area contributed by atoms with Crippen molar-refractivity contribution in [2.24, 2.45) is 0 Å². The van der Waals surface area contributed by atoms with Gasteiger partial charge in [-0.25, -0.2) is 27.5 Å². The van der Waals surface area contributed by atoms with Crippen LogP contribution in [-0.2, 0) is 17.8 Å². The molecule has 0 saturated carbocycles. The van der Waals surface area contributed by atoms with Crippen molar-refractivity contribution in [1.29, 1.82) is 0 Å². The summed E-state index contributed by atoms with van der Waals surface area (Å²) >= 11 is 0. The highest BCUT2D eigenvalue weighted by atomic mass is 19.3. The van der Waals surface area contributed by atoms with Crippen molar-refractivity contribution in [1.82, 2.24) is 15.0 Å². The highest BCUT2D eigenvalue weighted by Crippen LogP contribution is 2.42. The predicted octanol–water partition coefficient (Wildman–Crippen LogP) is 5.11. The number of fused-ring (bicyclic) bond motifs is 1. The topological polar surface area (TPSA) is 54.0 Å². The van der Waals surface area contributed by atoms with Gasteiger partial charge < -0.3 is 14.6 Å². The SMILES string of the molecule is CC1(C)Cc2nc(-c3c(-c4cc(F)ccc4F)ccnc3N3CCC(F)(F)C3)[nH]c2CO1. The molecular weight excluding hydrogens is 424 g/mol. The summed E-state index contributed by atoms with van der Waals surface area (Å²) in [6.07, 6.45) is 1.67. The Morgan fingerprint density at radius 3 is 2.69 bits per heavy atom. The molecule has 0 amide bonds. The molecule has 3 aromatic rings. The monoisotopic (exact) mass is 446 g/mol. The molecule has 0 radical (unpaired) electrons. The predicted molar refractivity (Wildman–Crippen MR) is 112 cm³/mol. The van der Waals surface area contributed by atoms with Gasteiger partial charge in [0.05, 0.1) is 35.7 Å². The second kappa shape index (κ2) is 7.30. The first-order valence-corrected chi connectivity index (χ1v) is 10.4. The maximum atomic E-state index is 14.7. The molecule has 32 heavy (non-hydrogen) atoms. The van der Waals surface area contributed by atoms with E-state index in [9.17, 15) is 17.6 Å². The minimum atomic E-state index is -2.85. The Morgan fingerprint density at radius 1 is 1.12 bits per heavy atom. The van der Waals surface area contributed by atoms with Crippen molar-refractivity contribution in [3.63, 3.8) is 0 Å². The third-order valence-electron chi connectivity index (χ3n) is 5.92. The molecule has 5 nitrogen and oxygen atoms in total. The maximum Gasteiger partial charge on any atom is 0.266 e. The third-order valence-corrected chi connectivity index (χ3v) is 5.92. The molecule has 2 aromatic heterocycles. The smallest absolute Gasteiger partial charge is 0.266 e. The molecule has 168 valence electrons. The Hall–Kier alpha value is -2.94. The summed E-state index contributed by atoms with van der Waals surface area (Å²) in [6, 6.07) is 4.72. The number of aromatic nitrogens is 3. The molecule has 0 aliphatic carbocycles. The van der Waals surface area contributed by atoms with E-state index in [1.165, 1.54) is 11.1 Å². The second-order valence-corrected chi connectivity index (χ2v) is 8.94. The number of benzene rings is 1. The zero-order chi connectivity index (χ0) is 22.7. The van der Waals surface area contributed by atoms with E-state index in [1.807, 2.05) is 13.8 Å². The number of alkyl halides is 2. The first-order valence-electron chi connectivity index (χ1n) is 10.4. The Labute approximate surface area is 182 Å². The van der Waals surface area contributed by atoms with Gasteiger partial charge in [0.2, 0.25) is 0 Å². The zero-order valence-electron chi connectivity index (χ0n) is 17.7. The number of anilines is 1. The second-order valence-electron chi connectivity index (χ2n) is 8.94. The standard InChI is InChI=1S/C23H22F4N4O/c1-22(2)10-17-18(11-32-22)30-20(29-17)19-14(15-9-13(24)3-4-16(15)25)5-7-28-21(19)31-8-6-23(26,27)12-31/h3-5,7,9H,6,8,10-12H2,1-2H3,(H,29,30). The minimum absolute atomic E-state index is 0.0144. The minimum Gasteiger partial charge on any atom is -0.369 e. The van der Waals surface area contributed by atoms with Gasteiger partial charge in [0.15, 0.2) is 0 Å². The summed E-state index contributed by atoms with van der Waals surface area (Å²) in [4.78, 5) is 13.8. The first-order chi connectivity index (χ1) is 15.1. The van der Waals surface area contributed by atoms with Gasteiger partial charge in [-0.15, -0.1) is 0 Å². The summed E-state index contributed by atoms with van der Waals surface area (Å²) in [5, 5.41) is 0. The molecule has 0 unspecified atom stereocenters. The lowest BCUT2D eigenvalue weighted by molar-refractivity contribution is -0.0422. The normalized spacial score (nSPS) is 19.2. The molecule has 0 atom stereocenters. The van der Waals surface area contributed by atoms with Gasteiger partial charge in [-0.2, -0.15) is 0 Å². The van der Waals surface area contributed by atoms with Crippen LogP contribution >= 0.6 is 0 Å². The van der Waals surface area contributed by atoms with Crippen LogP contribution in [0.25, 0.3) is 22.5 Å². The average molecular weight is 446 g/mol. The van der Waals surface area contributed by atoms with Gasteiger partial charge in [0.1, 0.15) is 23.3 Å². The number of nitrogens with zero attached hydrogens (tertiary/aromatic N) is 3. The molecule has 2 aliphatic rings. The molecule has 1 aromatic carbocycles. The lowest BCUT2D eigenvalue weighted by Crippen LogP contribution is -2.31. The van der Waals surface area contributed by atoms with Gasteiger partial charge in [0.25, 0.3) is 5.92 Å². The lowest BCUT2D eigenvalue weighted by Gasteiger charge is -2.28. The van der Waals surface area contributed by atoms with Crippen LogP contribution in [0, 0.1) is 11.6 Å². The molecule has 9 heteroatoms. The Bertz CT molecular complexity index is 1190. The number of imidazole rings is 1. The van der Waals surface area contributed by atoms with E-state index in [-0.39, 0.29) is 24.3 Å². The number of hydrogen-bond acceptors (Lipinski definition) is 4. The van der Waals surface area contributed by atoms with E-state index in [1.54, 1.807) is 6.07 Å². The maximum absolute atomic E-state index is 14.7. The highest BCUT2D eigenvalue weighted by Gasteiger charge is 2.40. The van der Waals surface area contributed by atoms with Crippen LogP contribution in [0.15, 0.2) is 30.5 Å². The van der Waals surface area contributed by atoms with Crippen LogP contribution in [0.2, 0.25) is 0 Å². The third kappa shape index (κ3) is 3.74. The van der Waals surface area contributed by atoms with E-state index >= 15 is 0 Å². The number of H-pyrrole nitrogens is 1. The van der Waals surface area contributed by atoms with E-state index in [4.69, 9.17) is 9.72 Å². The van der Waals surface area contributed by atoms with Crippen LogP contribution in [0.5, 0.6) is 0 Å². The van der Waals surface area contributed by atoms with E-state index in [0.717, 1.165) is 29.6 Å². The fraction of sp³-hybridized carbons (Fsp3) is 0.391. The largest absolute Gasteiger partial charge is 0.369 e. The zero-order valence-corrected chi connectivity index (χ0v) is 17.7. The van der Waals surface area contributed by atoms with Gasteiger partial charge >= 0.3 is 0 Å². The number of rotatable bonds is 3. The number of nitrogens with one attached hydrogen (secondary N) is 1. The number of hydrogen-bond donors (Lipinski definition) is 1. The molecule has 0 spiro atoms. The van der Waals surface area contributed by atoms with Crippen molar-refractivity contribution in [2.75, 3.05) is 18.0 Å². The van der Waals surface area contributed by atoms with Gasteiger partial charge in [-0.1, -0.05) is 0 Å². The summed E-state index contributed by atoms with van der Waals surface area (Å²) in [5.74, 6) is -3.45. The Kier molecular flexibility index (Phi) is 4.77. The van der Waals surface area contributed by atoms with Crippen LogP contribution in [-0.4, -0.2) is 39.6 Å². The lowest BCUT2D eigenvalue weighted by atomic mass is 9.99. The fourth-order valence-corrected chi connectivity index (χ4v) is 4.32. The molecule has 1 fully saturated rings. The highest BCUT2D eigenvalue weighted by molar-refractivity contribution is 5.88. The molecular formula is C23H22F4N4O. The molecule has 2 aliphatic heterocycles. The number of ether oxygens (including phenoxy) is 1. The van der Waals surface area contributed by atoms with Crippen LogP contribution in [0.3, 0.4) is 0 Å². The Morgan fingerprint density at radius 2 is 1.94 bits per heavy atom. The summed E-state index contributed by atoms with van der Waals surface area (Å²) in [7, 11) is 0. The van der Waals surface area contributed by atoms with Crippen LogP contribution in [0.4, 0.5) is 23.4 Å². The molecule has 1 N–H and O–H groups in total.